The highest BCUT2D eigenvalue weighted by Crippen LogP contribution is 2.35. The second-order valence-corrected chi connectivity index (χ2v) is 5.50. The fourth-order valence-corrected chi connectivity index (χ4v) is 2.92. The van der Waals surface area contributed by atoms with Gasteiger partial charge in [-0.15, -0.1) is 0 Å². The lowest BCUT2D eigenvalue weighted by molar-refractivity contribution is 0.0330. The van der Waals surface area contributed by atoms with Gasteiger partial charge >= 0.3 is 0 Å². The Kier molecular flexibility index (Phi) is 3.79. The monoisotopic (exact) mass is 236 g/mol. The van der Waals surface area contributed by atoms with E-state index >= 15 is 0 Å². The maximum atomic E-state index is 5.38. The minimum atomic E-state index is 0.927. The molecule has 3 rings (SSSR count). The van der Waals surface area contributed by atoms with Crippen LogP contribution in [0.4, 0.5) is 0 Å². The van der Waals surface area contributed by atoms with E-state index in [4.69, 9.17) is 4.74 Å². The second-order valence-electron chi connectivity index (χ2n) is 5.50. The maximum Gasteiger partial charge on any atom is 0.0594 e. The van der Waals surface area contributed by atoms with Crippen LogP contribution in [0.25, 0.3) is 0 Å². The van der Waals surface area contributed by atoms with Crippen LogP contribution in [0.15, 0.2) is 11.1 Å². The van der Waals surface area contributed by atoms with E-state index in [1.165, 1.54) is 51.9 Å². The van der Waals surface area contributed by atoms with Gasteiger partial charge in [0, 0.05) is 39.3 Å². The smallest absolute Gasteiger partial charge is 0.0594 e. The molecule has 0 radical (unpaired) electrons. The zero-order chi connectivity index (χ0) is 11.5. The highest BCUT2D eigenvalue weighted by atomic mass is 16.5. The third-order valence-corrected chi connectivity index (χ3v) is 4.30. The van der Waals surface area contributed by atoms with Gasteiger partial charge in [0.05, 0.1) is 13.2 Å². The average Bonchev–Trinajstić information content (AvgIpc) is 3.23. The van der Waals surface area contributed by atoms with Crippen molar-refractivity contribution >= 4 is 0 Å². The summed E-state index contributed by atoms with van der Waals surface area (Å²) in [6.07, 6.45) is 5.50. The average molecular weight is 236 g/mol. The van der Waals surface area contributed by atoms with E-state index in [1.807, 2.05) is 0 Å². The number of likely N-dealkylation sites (tertiary alicyclic amines) is 1. The number of piperidine rings is 1. The number of morpholine rings is 1. The SMILES string of the molecule is C1CN(CCN2CCC(=C3CC3)CC2)CCO1. The standard InChI is InChI=1S/C14H24N2O/c1-2-13(1)14-3-5-15(6-4-14)7-8-16-9-11-17-12-10-16/h1-12H2. The van der Waals surface area contributed by atoms with Gasteiger partial charge in [-0.3, -0.25) is 4.90 Å². The van der Waals surface area contributed by atoms with E-state index in [0.29, 0.717) is 0 Å². The van der Waals surface area contributed by atoms with E-state index in [9.17, 15) is 0 Å². The second kappa shape index (κ2) is 5.51. The maximum absolute atomic E-state index is 5.38. The van der Waals surface area contributed by atoms with Crippen molar-refractivity contribution in [3.05, 3.63) is 11.1 Å². The Morgan fingerprint density at radius 2 is 1.24 bits per heavy atom. The van der Waals surface area contributed by atoms with E-state index in [0.717, 1.165) is 26.3 Å². The van der Waals surface area contributed by atoms with Crippen LogP contribution in [-0.4, -0.2) is 62.3 Å². The lowest BCUT2D eigenvalue weighted by atomic mass is 10.0. The van der Waals surface area contributed by atoms with Gasteiger partial charge in [-0.05, 0) is 25.7 Å². The summed E-state index contributed by atoms with van der Waals surface area (Å²) in [5, 5.41) is 0. The van der Waals surface area contributed by atoms with Gasteiger partial charge in [0.2, 0.25) is 0 Å². The number of hydrogen-bond acceptors (Lipinski definition) is 3. The Morgan fingerprint density at radius 3 is 1.82 bits per heavy atom. The lowest BCUT2D eigenvalue weighted by Crippen LogP contribution is -2.42. The number of allylic oxidation sites excluding steroid dienone is 1. The molecule has 0 bridgehead atoms. The van der Waals surface area contributed by atoms with Gasteiger partial charge in [-0.2, -0.15) is 0 Å². The summed E-state index contributed by atoms with van der Waals surface area (Å²) in [6, 6.07) is 0. The van der Waals surface area contributed by atoms with Gasteiger partial charge in [0.1, 0.15) is 0 Å². The molecule has 2 aliphatic heterocycles. The van der Waals surface area contributed by atoms with Gasteiger partial charge in [-0.1, -0.05) is 11.1 Å². The summed E-state index contributed by atoms with van der Waals surface area (Å²) in [5.41, 5.74) is 3.59. The van der Waals surface area contributed by atoms with Crippen LogP contribution in [0.5, 0.6) is 0 Å². The Labute approximate surface area is 104 Å². The molecule has 3 heteroatoms. The number of rotatable bonds is 3. The third kappa shape index (κ3) is 3.30. The molecular weight excluding hydrogens is 212 g/mol. The first-order chi connectivity index (χ1) is 8.42. The summed E-state index contributed by atoms with van der Waals surface area (Å²) in [5.74, 6) is 0. The first-order valence-corrected chi connectivity index (χ1v) is 7.14. The summed E-state index contributed by atoms with van der Waals surface area (Å²) >= 11 is 0. The van der Waals surface area contributed by atoms with Crippen molar-refractivity contribution in [3.63, 3.8) is 0 Å². The van der Waals surface area contributed by atoms with Gasteiger partial charge in [0.15, 0.2) is 0 Å². The van der Waals surface area contributed by atoms with Gasteiger partial charge in [-0.25, -0.2) is 0 Å². The summed E-state index contributed by atoms with van der Waals surface area (Å²) in [4.78, 5) is 5.18. The van der Waals surface area contributed by atoms with Crippen molar-refractivity contribution in [1.82, 2.24) is 9.80 Å². The normalized spacial score (nSPS) is 27.5. The first-order valence-electron chi connectivity index (χ1n) is 7.14. The molecule has 0 aromatic heterocycles. The molecule has 2 saturated heterocycles. The van der Waals surface area contributed by atoms with Crippen LogP contribution in [0.3, 0.4) is 0 Å². The van der Waals surface area contributed by atoms with Crippen LogP contribution in [0, 0.1) is 0 Å². The molecule has 0 aromatic rings. The van der Waals surface area contributed by atoms with Crippen LogP contribution in [0.2, 0.25) is 0 Å². The molecule has 0 aromatic carbocycles. The van der Waals surface area contributed by atoms with E-state index in [-0.39, 0.29) is 0 Å². The fourth-order valence-electron chi connectivity index (χ4n) is 2.92. The molecular formula is C14H24N2O. The van der Waals surface area contributed by atoms with E-state index in [2.05, 4.69) is 9.80 Å². The quantitative estimate of drug-likeness (QED) is 0.691. The molecule has 17 heavy (non-hydrogen) atoms. The molecule has 3 aliphatic rings. The topological polar surface area (TPSA) is 15.7 Å². The Bertz CT molecular complexity index is 279. The molecule has 1 saturated carbocycles. The minimum Gasteiger partial charge on any atom is -0.379 e. The predicted octanol–water partition coefficient (Wildman–Crippen LogP) is 1.50. The molecule has 0 spiro atoms. The molecule has 96 valence electrons. The van der Waals surface area contributed by atoms with Gasteiger partial charge < -0.3 is 9.64 Å². The molecule has 0 amide bonds. The first kappa shape index (κ1) is 11.7. The zero-order valence-corrected chi connectivity index (χ0v) is 10.8. The molecule has 0 N–H and O–H groups in total. The molecule has 1 aliphatic carbocycles. The molecule has 3 fully saturated rings. The minimum absolute atomic E-state index is 0.927. The number of hydrogen-bond donors (Lipinski definition) is 0. The molecule has 3 nitrogen and oxygen atoms in total. The van der Waals surface area contributed by atoms with Crippen molar-refractivity contribution in [2.45, 2.75) is 25.7 Å². The molecule has 2 heterocycles. The van der Waals surface area contributed by atoms with E-state index in [1.54, 1.807) is 11.1 Å². The summed E-state index contributed by atoms with van der Waals surface area (Å²) in [7, 11) is 0. The zero-order valence-electron chi connectivity index (χ0n) is 10.8. The number of ether oxygens (including phenoxy) is 1. The van der Waals surface area contributed by atoms with Gasteiger partial charge in [0.25, 0.3) is 0 Å². The van der Waals surface area contributed by atoms with Crippen molar-refractivity contribution < 1.29 is 4.74 Å². The highest BCUT2D eigenvalue weighted by Gasteiger charge is 2.22. The van der Waals surface area contributed by atoms with Crippen LogP contribution in [-0.2, 0) is 4.74 Å². The fraction of sp³-hybridized carbons (Fsp3) is 0.857. The van der Waals surface area contributed by atoms with Crippen LogP contribution >= 0.6 is 0 Å². The Morgan fingerprint density at radius 1 is 0.706 bits per heavy atom. The van der Waals surface area contributed by atoms with Crippen molar-refractivity contribution in [1.29, 1.82) is 0 Å². The van der Waals surface area contributed by atoms with Crippen molar-refractivity contribution in [3.8, 4) is 0 Å². The Hall–Kier alpha value is -0.380. The van der Waals surface area contributed by atoms with Crippen molar-refractivity contribution in [2.75, 3.05) is 52.5 Å². The predicted molar refractivity (Wildman–Crippen MR) is 69.2 cm³/mol. The van der Waals surface area contributed by atoms with Crippen molar-refractivity contribution in [2.24, 2.45) is 0 Å². The Balaban J connectivity index is 1.37. The third-order valence-electron chi connectivity index (χ3n) is 4.30. The molecule has 0 unspecified atom stereocenters. The van der Waals surface area contributed by atoms with Crippen LogP contribution < -0.4 is 0 Å². The largest absolute Gasteiger partial charge is 0.379 e. The van der Waals surface area contributed by atoms with Crippen LogP contribution in [0.1, 0.15) is 25.7 Å². The molecule has 0 atom stereocenters. The highest BCUT2D eigenvalue weighted by molar-refractivity contribution is 5.26. The lowest BCUT2D eigenvalue weighted by Gasteiger charge is -2.32. The van der Waals surface area contributed by atoms with E-state index < -0.39 is 0 Å². The number of nitrogens with zero attached hydrogens (tertiary/aromatic N) is 2. The summed E-state index contributed by atoms with van der Waals surface area (Å²) < 4.78 is 5.38. The summed E-state index contributed by atoms with van der Waals surface area (Å²) in [6.45, 7) is 9.18.